The molecule has 0 spiro atoms. The highest BCUT2D eigenvalue weighted by Crippen LogP contribution is 2.44. The molecule has 2 N–H and O–H groups in total. The van der Waals surface area contributed by atoms with Gasteiger partial charge >= 0.3 is 0 Å². The van der Waals surface area contributed by atoms with E-state index in [2.05, 4.69) is 55.1 Å². The van der Waals surface area contributed by atoms with Crippen LogP contribution >= 0.6 is 23.3 Å². The molecule has 0 saturated heterocycles. The van der Waals surface area contributed by atoms with Crippen LogP contribution in [0.4, 0.5) is 10.9 Å². The molecule has 4 aromatic rings. The number of ether oxygens (including phenoxy) is 2. The number of pyridine rings is 1. The zero-order valence-corrected chi connectivity index (χ0v) is 24.5. The molecule has 0 unspecified atom stereocenters. The molecule has 6 nitrogen and oxygen atoms in total. The second kappa shape index (κ2) is 12.7. The van der Waals surface area contributed by atoms with Gasteiger partial charge in [0.15, 0.2) is 5.13 Å². The summed E-state index contributed by atoms with van der Waals surface area (Å²) >= 11 is 3.09. The van der Waals surface area contributed by atoms with Gasteiger partial charge in [0.05, 0.1) is 23.8 Å². The fourth-order valence-electron chi connectivity index (χ4n) is 4.20. The van der Waals surface area contributed by atoms with Gasteiger partial charge in [-0.05, 0) is 73.1 Å². The fraction of sp³-hybridized carbons (Fsp3) is 0.355. The van der Waals surface area contributed by atoms with Crippen molar-refractivity contribution < 1.29 is 9.47 Å². The van der Waals surface area contributed by atoms with E-state index in [0.29, 0.717) is 13.2 Å². The normalized spacial score (nSPS) is 14.2. The Hall–Kier alpha value is -3.23. The van der Waals surface area contributed by atoms with Crippen molar-refractivity contribution in [2.45, 2.75) is 51.5 Å². The average molecular weight is 561 g/mol. The average Bonchev–Trinajstić information content (AvgIpc) is 3.35. The first-order chi connectivity index (χ1) is 18.9. The van der Waals surface area contributed by atoms with Gasteiger partial charge in [0, 0.05) is 24.1 Å². The van der Waals surface area contributed by atoms with Gasteiger partial charge < -0.3 is 19.5 Å². The Labute approximate surface area is 239 Å². The van der Waals surface area contributed by atoms with E-state index in [0.717, 1.165) is 81.4 Å². The summed E-state index contributed by atoms with van der Waals surface area (Å²) in [7, 11) is 0. The van der Waals surface area contributed by atoms with Crippen LogP contribution in [-0.4, -0.2) is 29.7 Å². The first kappa shape index (κ1) is 27.3. The molecule has 8 heteroatoms. The van der Waals surface area contributed by atoms with Gasteiger partial charge in [-0.15, -0.1) is 0 Å². The van der Waals surface area contributed by atoms with E-state index < -0.39 is 0 Å². The van der Waals surface area contributed by atoms with Gasteiger partial charge in [-0.2, -0.15) is 0 Å². The number of rotatable bonds is 4. The maximum Gasteiger partial charge on any atom is 0.194 e. The van der Waals surface area contributed by atoms with Crippen LogP contribution in [0, 0.1) is 5.41 Å². The molecule has 2 aromatic heterocycles. The van der Waals surface area contributed by atoms with Crippen molar-refractivity contribution >= 4 is 34.2 Å². The number of nitrogens with zero attached hydrogens (tertiary/aromatic N) is 2. The van der Waals surface area contributed by atoms with E-state index in [1.165, 1.54) is 11.9 Å². The molecular weight excluding hydrogens is 525 g/mol. The Morgan fingerprint density at radius 2 is 1.82 bits per heavy atom. The quantitative estimate of drug-likeness (QED) is 0.242. The van der Waals surface area contributed by atoms with Gasteiger partial charge in [-0.3, -0.25) is 0 Å². The third-order valence-electron chi connectivity index (χ3n) is 6.34. The number of hydrogen-bond acceptors (Lipinski definition) is 8. The van der Waals surface area contributed by atoms with Crippen molar-refractivity contribution in [2.24, 2.45) is 5.41 Å². The monoisotopic (exact) mass is 560 g/mol. The van der Waals surface area contributed by atoms with Crippen LogP contribution in [0.2, 0.25) is 0 Å². The molecule has 3 heterocycles. The predicted molar refractivity (Wildman–Crippen MR) is 164 cm³/mol. The van der Waals surface area contributed by atoms with Crippen molar-refractivity contribution in [1.29, 1.82) is 0 Å². The number of thiazole rings is 1. The molecule has 1 aliphatic rings. The number of nitrogens with one attached hydrogen (secondary N) is 2. The molecule has 0 aliphatic carbocycles. The van der Waals surface area contributed by atoms with Gasteiger partial charge in [0.2, 0.25) is 0 Å². The second-order valence-electron chi connectivity index (χ2n) is 10.8. The maximum absolute atomic E-state index is 6.30. The minimum atomic E-state index is 0.230. The summed E-state index contributed by atoms with van der Waals surface area (Å²) in [4.78, 5) is 10.9. The molecule has 5 rings (SSSR count). The first-order valence-corrected chi connectivity index (χ1v) is 15.2. The summed E-state index contributed by atoms with van der Waals surface area (Å²) in [6, 6.07) is 22.6. The molecular formula is C31H36N4O2S2. The van der Waals surface area contributed by atoms with E-state index >= 15 is 0 Å². The molecule has 0 atom stereocenters. The number of para-hydroxylation sites is 1. The summed E-state index contributed by atoms with van der Waals surface area (Å²) in [5, 5.41) is 5.13. The standard InChI is InChI=1S/C31H36N4O2S2/c1-31(2,3)17-20-36-23-12-9-11-22(21-23)29-28-24-13-5-6-14-25(24)37-19-8-4-7-18-32-26-15-10-16-27(33-26)39-35-30(34-28)38-29/h5-6,9-16,21H,4,7-8,17-20H2,1-3H3,(H,32,33)(H,34,35). The molecule has 0 amide bonds. The molecule has 0 saturated carbocycles. The minimum absolute atomic E-state index is 0.230. The molecule has 39 heavy (non-hydrogen) atoms. The summed E-state index contributed by atoms with van der Waals surface area (Å²) in [6.07, 6.45) is 4.13. The molecule has 0 radical (unpaired) electrons. The van der Waals surface area contributed by atoms with E-state index in [9.17, 15) is 0 Å². The highest BCUT2D eigenvalue weighted by molar-refractivity contribution is 8.00. The SMILES string of the molecule is CC(C)(C)CCOc1cccc(-c2sc3nc2-c2ccccc2OCCCCCNc2cccc(n2)SN3)c1. The van der Waals surface area contributed by atoms with Gasteiger partial charge in [0.1, 0.15) is 22.3 Å². The fourth-order valence-corrected chi connectivity index (χ4v) is 5.85. The molecule has 204 valence electrons. The lowest BCUT2D eigenvalue weighted by atomic mass is 9.93. The smallest absolute Gasteiger partial charge is 0.194 e. The lowest BCUT2D eigenvalue weighted by Crippen LogP contribution is -2.11. The Kier molecular flexibility index (Phi) is 8.94. The Bertz CT molecular complexity index is 1380. The summed E-state index contributed by atoms with van der Waals surface area (Å²) < 4.78 is 15.9. The van der Waals surface area contributed by atoms with Crippen LogP contribution in [0.1, 0.15) is 46.5 Å². The van der Waals surface area contributed by atoms with Gasteiger partial charge in [0.25, 0.3) is 0 Å². The van der Waals surface area contributed by atoms with Gasteiger partial charge in [-0.25, -0.2) is 9.97 Å². The Morgan fingerprint density at radius 1 is 0.949 bits per heavy atom. The largest absolute Gasteiger partial charge is 0.494 e. The van der Waals surface area contributed by atoms with Crippen LogP contribution in [0.15, 0.2) is 71.8 Å². The van der Waals surface area contributed by atoms with Crippen LogP contribution < -0.4 is 19.5 Å². The molecule has 1 aliphatic heterocycles. The zero-order valence-electron chi connectivity index (χ0n) is 22.8. The van der Waals surface area contributed by atoms with Crippen molar-refractivity contribution in [1.82, 2.24) is 9.97 Å². The number of aromatic nitrogens is 2. The summed E-state index contributed by atoms with van der Waals surface area (Å²) in [5.41, 5.74) is 3.19. The molecule has 4 bridgehead atoms. The Balaban J connectivity index is 1.49. The predicted octanol–water partition coefficient (Wildman–Crippen LogP) is 8.78. The summed E-state index contributed by atoms with van der Waals surface area (Å²) in [5.74, 6) is 2.61. The maximum atomic E-state index is 6.30. The first-order valence-electron chi connectivity index (χ1n) is 13.5. The summed E-state index contributed by atoms with van der Waals surface area (Å²) in [6.45, 7) is 8.94. The van der Waals surface area contributed by atoms with E-state index in [4.69, 9.17) is 19.4 Å². The number of fused-ring (bicyclic) bond motifs is 6. The third kappa shape index (κ3) is 7.67. The van der Waals surface area contributed by atoms with E-state index in [-0.39, 0.29) is 5.41 Å². The topological polar surface area (TPSA) is 68.3 Å². The number of hydrogen-bond donors (Lipinski definition) is 2. The van der Waals surface area contributed by atoms with Crippen LogP contribution in [0.3, 0.4) is 0 Å². The lowest BCUT2D eigenvalue weighted by Gasteiger charge is -2.18. The highest BCUT2D eigenvalue weighted by atomic mass is 32.2. The van der Waals surface area contributed by atoms with Crippen LogP contribution in [-0.2, 0) is 0 Å². The van der Waals surface area contributed by atoms with Crippen molar-refractivity contribution in [2.75, 3.05) is 29.8 Å². The highest BCUT2D eigenvalue weighted by Gasteiger charge is 2.19. The Morgan fingerprint density at radius 3 is 2.72 bits per heavy atom. The van der Waals surface area contributed by atoms with Crippen LogP contribution in [0.5, 0.6) is 11.5 Å². The van der Waals surface area contributed by atoms with E-state index in [1.807, 2.05) is 42.5 Å². The molecule has 0 fully saturated rings. The number of benzene rings is 2. The van der Waals surface area contributed by atoms with Gasteiger partial charge in [-0.1, -0.05) is 62.4 Å². The lowest BCUT2D eigenvalue weighted by molar-refractivity contribution is 0.243. The van der Waals surface area contributed by atoms with E-state index in [1.54, 1.807) is 11.3 Å². The minimum Gasteiger partial charge on any atom is -0.494 e. The molecule has 2 aromatic carbocycles. The van der Waals surface area contributed by atoms with Crippen LogP contribution in [0.25, 0.3) is 21.7 Å². The third-order valence-corrected chi connectivity index (χ3v) is 8.22. The zero-order chi connectivity index (χ0) is 27.1. The second-order valence-corrected chi connectivity index (χ2v) is 12.6. The van der Waals surface area contributed by atoms with Crippen molar-refractivity contribution in [3.05, 3.63) is 66.7 Å². The van der Waals surface area contributed by atoms with Crippen molar-refractivity contribution in [3.8, 4) is 33.2 Å². The number of anilines is 2. The van der Waals surface area contributed by atoms with Crippen molar-refractivity contribution in [3.63, 3.8) is 0 Å².